The van der Waals surface area contributed by atoms with Crippen LogP contribution >= 0.6 is 0 Å². The van der Waals surface area contributed by atoms with Crippen LogP contribution in [-0.2, 0) is 19.6 Å². The van der Waals surface area contributed by atoms with Crippen molar-refractivity contribution < 1.29 is 18.0 Å². The standard InChI is InChI=1S/C15H17N3O4S/c1-11(19)17-10-13(9-15(17)20)16-12-4-2-5-14(8-12)18-6-3-7-23(18,21)22/h2,4-5,8-9,16H,3,6-7,10H2,1H3. The van der Waals surface area contributed by atoms with E-state index >= 15 is 0 Å². The normalized spacial score (nSPS) is 19.9. The number of hydrogen-bond donors (Lipinski definition) is 1. The minimum absolute atomic E-state index is 0.165. The van der Waals surface area contributed by atoms with Crippen molar-refractivity contribution in [2.24, 2.45) is 0 Å². The monoisotopic (exact) mass is 335 g/mol. The molecule has 0 atom stereocenters. The first-order chi connectivity index (χ1) is 10.9. The summed E-state index contributed by atoms with van der Waals surface area (Å²) >= 11 is 0. The van der Waals surface area contributed by atoms with Crippen molar-refractivity contribution in [2.75, 3.05) is 28.5 Å². The Balaban J connectivity index is 1.78. The quantitative estimate of drug-likeness (QED) is 0.887. The molecule has 2 amide bonds. The van der Waals surface area contributed by atoms with Gasteiger partial charge < -0.3 is 5.32 Å². The molecule has 2 heterocycles. The van der Waals surface area contributed by atoms with Gasteiger partial charge in [-0.3, -0.25) is 18.8 Å². The number of imide groups is 1. The number of carbonyl (C=O) groups excluding carboxylic acids is 2. The summed E-state index contributed by atoms with van der Waals surface area (Å²) in [6, 6.07) is 7.01. The highest BCUT2D eigenvalue weighted by molar-refractivity contribution is 7.93. The van der Waals surface area contributed by atoms with Gasteiger partial charge in [0.25, 0.3) is 5.91 Å². The van der Waals surface area contributed by atoms with Crippen molar-refractivity contribution in [1.82, 2.24) is 4.90 Å². The van der Waals surface area contributed by atoms with E-state index in [0.717, 1.165) is 4.90 Å². The van der Waals surface area contributed by atoms with Gasteiger partial charge in [-0.2, -0.15) is 0 Å². The lowest BCUT2D eigenvalue weighted by Gasteiger charge is -2.18. The minimum Gasteiger partial charge on any atom is -0.357 e. The van der Waals surface area contributed by atoms with Crippen molar-refractivity contribution in [2.45, 2.75) is 13.3 Å². The van der Waals surface area contributed by atoms with Crippen LogP contribution in [-0.4, -0.2) is 44.0 Å². The van der Waals surface area contributed by atoms with Gasteiger partial charge in [-0.15, -0.1) is 0 Å². The van der Waals surface area contributed by atoms with Gasteiger partial charge in [-0.05, 0) is 24.6 Å². The first-order valence-corrected chi connectivity index (χ1v) is 8.88. The maximum Gasteiger partial charge on any atom is 0.255 e. The van der Waals surface area contributed by atoms with Gasteiger partial charge in [0.1, 0.15) is 0 Å². The summed E-state index contributed by atoms with van der Waals surface area (Å²) < 4.78 is 25.4. The highest BCUT2D eigenvalue weighted by Gasteiger charge is 2.29. The zero-order valence-electron chi connectivity index (χ0n) is 12.7. The van der Waals surface area contributed by atoms with Gasteiger partial charge in [-0.1, -0.05) is 6.07 Å². The van der Waals surface area contributed by atoms with Crippen molar-refractivity contribution in [3.05, 3.63) is 36.0 Å². The molecule has 122 valence electrons. The maximum atomic E-state index is 12.0. The molecule has 0 radical (unpaired) electrons. The molecule has 7 nitrogen and oxygen atoms in total. The highest BCUT2D eigenvalue weighted by atomic mass is 32.2. The maximum absolute atomic E-state index is 12.0. The Labute approximate surface area is 134 Å². The Morgan fingerprint density at radius 3 is 2.70 bits per heavy atom. The molecule has 2 aliphatic heterocycles. The molecule has 1 saturated heterocycles. The van der Waals surface area contributed by atoms with Crippen molar-refractivity contribution in [3.63, 3.8) is 0 Å². The van der Waals surface area contributed by atoms with Gasteiger partial charge in [-0.25, -0.2) is 8.42 Å². The van der Waals surface area contributed by atoms with Crippen LogP contribution < -0.4 is 9.62 Å². The Kier molecular flexibility index (Phi) is 3.85. The number of nitrogens with zero attached hydrogens (tertiary/aromatic N) is 2. The van der Waals surface area contributed by atoms with E-state index in [1.165, 1.54) is 17.3 Å². The van der Waals surface area contributed by atoms with Crippen LogP contribution in [0.5, 0.6) is 0 Å². The van der Waals surface area contributed by atoms with E-state index in [9.17, 15) is 18.0 Å². The lowest BCUT2D eigenvalue weighted by Crippen LogP contribution is -2.31. The molecule has 8 heteroatoms. The van der Waals surface area contributed by atoms with E-state index in [1.54, 1.807) is 24.3 Å². The van der Waals surface area contributed by atoms with Crippen molar-refractivity contribution >= 4 is 33.2 Å². The average Bonchev–Trinajstić information content (AvgIpc) is 3.01. The third-order valence-corrected chi connectivity index (χ3v) is 5.68. The number of nitrogens with one attached hydrogen (secondary N) is 1. The van der Waals surface area contributed by atoms with Gasteiger partial charge in [0.2, 0.25) is 15.9 Å². The van der Waals surface area contributed by atoms with Crippen LogP contribution in [0, 0.1) is 0 Å². The number of carbonyl (C=O) groups is 2. The molecular formula is C15H17N3O4S. The Bertz CT molecular complexity index is 801. The van der Waals surface area contributed by atoms with Crippen molar-refractivity contribution in [3.8, 4) is 0 Å². The fourth-order valence-electron chi connectivity index (χ4n) is 2.72. The molecule has 0 aliphatic carbocycles. The summed E-state index contributed by atoms with van der Waals surface area (Å²) in [5, 5.41) is 3.07. The molecular weight excluding hydrogens is 318 g/mol. The first kappa shape index (κ1) is 15.5. The number of hydrogen-bond acceptors (Lipinski definition) is 5. The summed E-state index contributed by atoms with van der Waals surface area (Å²) in [5.41, 5.74) is 1.88. The average molecular weight is 335 g/mol. The molecule has 0 unspecified atom stereocenters. The molecule has 0 aromatic heterocycles. The molecule has 3 rings (SSSR count). The Morgan fingerprint density at radius 2 is 2.09 bits per heavy atom. The molecule has 0 spiro atoms. The predicted octanol–water partition coefficient (Wildman–Crippen LogP) is 0.911. The second-order valence-corrected chi connectivity index (χ2v) is 7.54. The molecule has 1 N–H and O–H groups in total. The fraction of sp³-hybridized carbons (Fsp3) is 0.333. The van der Waals surface area contributed by atoms with Crippen LogP contribution in [0.3, 0.4) is 0 Å². The first-order valence-electron chi connectivity index (χ1n) is 7.27. The number of benzene rings is 1. The third kappa shape index (κ3) is 3.07. The van der Waals surface area contributed by atoms with Crippen LogP contribution in [0.2, 0.25) is 0 Å². The lowest BCUT2D eigenvalue weighted by molar-refractivity contribution is -0.138. The molecule has 1 aromatic rings. The molecule has 0 saturated carbocycles. The number of amides is 2. The van der Waals surface area contributed by atoms with E-state index < -0.39 is 10.0 Å². The van der Waals surface area contributed by atoms with Crippen LogP contribution in [0.15, 0.2) is 36.0 Å². The molecule has 0 bridgehead atoms. The molecule has 1 aromatic carbocycles. The topological polar surface area (TPSA) is 86.8 Å². The van der Waals surface area contributed by atoms with Gasteiger partial charge in [0, 0.05) is 30.9 Å². The number of sulfonamides is 1. The molecule has 23 heavy (non-hydrogen) atoms. The molecule has 1 fully saturated rings. The van der Waals surface area contributed by atoms with E-state index in [1.807, 2.05) is 0 Å². The minimum atomic E-state index is -3.23. The molecule has 2 aliphatic rings. The summed E-state index contributed by atoms with van der Waals surface area (Å²) in [7, 11) is -3.23. The fourth-order valence-corrected chi connectivity index (χ4v) is 4.27. The van der Waals surface area contributed by atoms with Crippen LogP contribution in [0.25, 0.3) is 0 Å². The largest absolute Gasteiger partial charge is 0.357 e. The Morgan fingerprint density at radius 1 is 1.30 bits per heavy atom. The predicted molar refractivity (Wildman–Crippen MR) is 86.3 cm³/mol. The lowest BCUT2D eigenvalue weighted by atomic mass is 10.2. The zero-order chi connectivity index (χ0) is 16.6. The third-order valence-electron chi connectivity index (χ3n) is 3.81. The second-order valence-electron chi connectivity index (χ2n) is 5.53. The SMILES string of the molecule is CC(=O)N1CC(Nc2cccc(N3CCCS3(=O)=O)c2)=CC1=O. The smallest absolute Gasteiger partial charge is 0.255 e. The van der Waals surface area contributed by atoms with Gasteiger partial charge >= 0.3 is 0 Å². The van der Waals surface area contributed by atoms with Crippen molar-refractivity contribution in [1.29, 1.82) is 0 Å². The van der Waals surface area contributed by atoms with E-state index in [2.05, 4.69) is 5.32 Å². The highest BCUT2D eigenvalue weighted by Crippen LogP contribution is 2.27. The van der Waals surface area contributed by atoms with E-state index in [4.69, 9.17) is 0 Å². The summed E-state index contributed by atoms with van der Waals surface area (Å²) in [6.45, 7) is 2.01. The summed E-state index contributed by atoms with van der Waals surface area (Å²) in [5.74, 6) is -0.490. The second kappa shape index (κ2) is 5.69. The van der Waals surface area contributed by atoms with Crippen LogP contribution in [0.1, 0.15) is 13.3 Å². The number of anilines is 2. The summed E-state index contributed by atoms with van der Waals surface area (Å²) in [4.78, 5) is 24.1. The zero-order valence-corrected chi connectivity index (χ0v) is 13.5. The summed E-state index contributed by atoms with van der Waals surface area (Å²) in [6.07, 6.45) is 1.99. The number of rotatable bonds is 3. The van der Waals surface area contributed by atoms with Crippen LogP contribution in [0.4, 0.5) is 11.4 Å². The van der Waals surface area contributed by atoms with E-state index in [-0.39, 0.29) is 24.1 Å². The van der Waals surface area contributed by atoms with Gasteiger partial charge in [0.05, 0.1) is 18.0 Å². The van der Waals surface area contributed by atoms with Gasteiger partial charge in [0.15, 0.2) is 0 Å². The van der Waals surface area contributed by atoms with E-state index in [0.29, 0.717) is 30.0 Å². The Hall–Kier alpha value is -2.35.